The molecule has 0 fully saturated rings. The second kappa shape index (κ2) is 4.31. The Kier molecular flexibility index (Phi) is 2.86. The smallest absolute Gasteiger partial charge is 0.0204 e. The third kappa shape index (κ3) is 2.47. The Morgan fingerprint density at radius 3 is 2.40 bits per heavy atom. The molecule has 0 saturated carbocycles. The quantitative estimate of drug-likeness (QED) is 0.633. The molecule has 1 aromatic carbocycles. The van der Waals surface area contributed by atoms with Crippen molar-refractivity contribution < 1.29 is 0 Å². The highest BCUT2D eigenvalue weighted by Gasteiger charge is 2.04. The van der Waals surface area contributed by atoms with E-state index in [1.165, 1.54) is 16.7 Å². The minimum absolute atomic E-state index is 0.416. The van der Waals surface area contributed by atoms with Crippen LogP contribution in [0, 0.1) is 6.92 Å². The van der Waals surface area contributed by atoms with Crippen LogP contribution in [0.4, 0.5) is 0 Å². The van der Waals surface area contributed by atoms with E-state index in [1.807, 2.05) is 0 Å². The third-order valence-corrected chi connectivity index (χ3v) is 2.71. The van der Waals surface area contributed by atoms with E-state index in [9.17, 15) is 0 Å². The summed E-state index contributed by atoms with van der Waals surface area (Å²) >= 11 is 0. The van der Waals surface area contributed by atoms with Crippen LogP contribution in [0.2, 0.25) is 0 Å². The Hall–Kier alpha value is -1.56. The molecule has 0 spiro atoms. The van der Waals surface area contributed by atoms with Crippen molar-refractivity contribution in [3.8, 4) is 0 Å². The summed E-state index contributed by atoms with van der Waals surface area (Å²) in [5, 5.41) is 0. The zero-order chi connectivity index (χ0) is 10.7. The molecular formula is C15H16. The lowest BCUT2D eigenvalue weighted by Crippen LogP contribution is -1.90. The van der Waals surface area contributed by atoms with Gasteiger partial charge in [-0.05, 0) is 19.4 Å². The maximum absolute atomic E-state index is 2.25. The highest BCUT2D eigenvalue weighted by Crippen LogP contribution is 2.22. The highest BCUT2D eigenvalue weighted by atomic mass is 14.1. The lowest BCUT2D eigenvalue weighted by atomic mass is 9.97. The maximum Gasteiger partial charge on any atom is 0.0204 e. The van der Waals surface area contributed by atoms with Crippen LogP contribution >= 0.6 is 0 Å². The van der Waals surface area contributed by atoms with Gasteiger partial charge in [0.2, 0.25) is 0 Å². The molecule has 0 heterocycles. The molecule has 1 atom stereocenters. The van der Waals surface area contributed by atoms with Gasteiger partial charge in [0.1, 0.15) is 0 Å². The SMILES string of the molecule is CC1=CC=CC(c2ccc(C)cc2)C=C1. The Morgan fingerprint density at radius 2 is 1.67 bits per heavy atom. The van der Waals surface area contributed by atoms with Crippen molar-refractivity contribution in [3.63, 3.8) is 0 Å². The van der Waals surface area contributed by atoms with Crippen LogP contribution in [0.5, 0.6) is 0 Å². The van der Waals surface area contributed by atoms with E-state index in [0.717, 1.165) is 0 Å². The maximum atomic E-state index is 2.25. The normalized spacial score (nSPS) is 19.9. The third-order valence-electron chi connectivity index (χ3n) is 2.71. The van der Waals surface area contributed by atoms with Gasteiger partial charge >= 0.3 is 0 Å². The van der Waals surface area contributed by atoms with Crippen LogP contribution in [0.3, 0.4) is 0 Å². The molecule has 2 rings (SSSR count). The van der Waals surface area contributed by atoms with Crippen LogP contribution in [-0.4, -0.2) is 0 Å². The minimum Gasteiger partial charge on any atom is -0.0732 e. The lowest BCUT2D eigenvalue weighted by molar-refractivity contribution is 1.08. The molecule has 1 aromatic rings. The summed E-state index contributed by atoms with van der Waals surface area (Å²) in [4.78, 5) is 0. The predicted molar refractivity (Wildman–Crippen MR) is 66.0 cm³/mol. The average molecular weight is 196 g/mol. The van der Waals surface area contributed by atoms with E-state index in [0.29, 0.717) is 5.92 Å². The number of aryl methyl sites for hydroxylation is 1. The van der Waals surface area contributed by atoms with Crippen LogP contribution in [-0.2, 0) is 0 Å². The monoisotopic (exact) mass is 196 g/mol. The number of hydrogen-bond acceptors (Lipinski definition) is 0. The van der Waals surface area contributed by atoms with Gasteiger partial charge in [-0.2, -0.15) is 0 Å². The first-order valence-electron chi connectivity index (χ1n) is 5.35. The van der Waals surface area contributed by atoms with Crippen LogP contribution in [0.25, 0.3) is 0 Å². The summed E-state index contributed by atoms with van der Waals surface area (Å²) in [6, 6.07) is 8.75. The molecule has 0 amide bonds. The van der Waals surface area contributed by atoms with Crippen molar-refractivity contribution in [1.29, 1.82) is 0 Å². The van der Waals surface area contributed by atoms with Gasteiger partial charge in [-0.15, -0.1) is 0 Å². The average Bonchev–Trinajstić information content (AvgIpc) is 2.44. The largest absolute Gasteiger partial charge is 0.0732 e. The first-order chi connectivity index (χ1) is 7.25. The molecule has 0 N–H and O–H groups in total. The molecule has 1 unspecified atom stereocenters. The van der Waals surface area contributed by atoms with Crippen molar-refractivity contribution in [2.24, 2.45) is 0 Å². The van der Waals surface area contributed by atoms with Crippen molar-refractivity contribution in [1.82, 2.24) is 0 Å². The molecule has 0 heteroatoms. The first-order valence-corrected chi connectivity index (χ1v) is 5.35. The molecule has 1 aliphatic carbocycles. The van der Waals surface area contributed by atoms with Gasteiger partial charge < -0.3 is 0 Å². The fourth-order valence-electron chi connectivity index (χ4n) is 1.71. The Bertz CT molecular complexity index is 416. The molecular weight excluding hydrogens is 180 g/mol. The standard InChI is InChI=1S/C15H16/c1-12-4-3-5-14(9-6-12)15-10-7-13(2)8-11-15/h3-11,14H,1-2H3. The summed E-state index contributed by atoms with van der Waals surface area (Å²) < 4.78 is 0. The minimum atomic E-state index is 0.416. The van der Waals surface area contributed by atoms with Gasteiger partial charge in [-0.3, -0.25) is 0 Å². The number of benzene rings is 1. The molecule has 15 heavy (non-hydrogen) atoms. The van der Waals surface area contributed by atoms with Crippen LogP contribution in [0.1, 0.15) is 24.0 Å². The summed E-state index contributed by atoms with van der Waals surface area (Å²) in [5.41, 5.74) is 3.98. The Morgan fingerprint density at radius 1 is 0.933 bits per heavy atom. The molecule has 76 valence electrons. The molecule has 0 radical (unpaired) electrons. The van der Waals surface area contributed by atoms with Crippen molar-refractivity contribution in [2.75, 3.05) is 0 Å². The van der Waals surface area contributed by atoms with E-state index in [-0.39, 0.29) is 0 Å². The second-order valence-corrected chi connectivity index (χ2v) is 4.09. The fourth-order valence-corrected chi connectivity index (χ4v) is 1.71. The Labute approximate surface area is 91.6 Å². The van der Waals surface area contributed by atoms with Crippen LogP contribution in [0.15, 0.2) is 60.2 Å². The fraction of sp³-hybridized carbons (Fsp3) is 0.200. The van der Waals surface area contributed by atoms with E-state index in [2.05, 4.69) is 68.5 Å². The van der Waals surface area contributed by atoms with Gasteiger partial charge in [-0.25, -0.2) is 0 Å². The summed E-state index contributed by atoms with van der Waals surface area (Å²) in [7, 11) is 0. The first kappa shape index (κ1) is 9.97. The van der Waals surface area contributed by atoms with Gasteiger partial charge in [0.05, 0.1) is 0 Å². The van der Waals surface area contributed by atoms with Gasteiger partial charge in [0.25, 0.3) is 0 Å². The van der Waals surface area contributed by atoms with Crippen molar-refractivity contribution in [2.45, 2.75) is 19.8 Å². The molecule has 0 aliphatic heterocycles. The molecule has 1 aliphatic rings. The topological polar surface area (TPSA) is 0 Å². The number of hydrogen-bond donors (Lipinski definition) is 0. The summed E-state index contributed by atoms with van der Waals surface area (Å²) in [5.74, 6) is 0.416. The predicted octanol–water partition coefficient (Wildman–Crippen LogP) is 4.15. The summed E-state index contributed by atoms with van der Waals surface area (Å²) in [6.45, 7) is 4.24. The molecule has 0 nitrogen and oxygen atoms in total. The van der Waals surface area contributed by atoms with E-state index < -0.39 is 0 Å². The lowest BCUT2D eigenvalue weighted by Gasteiger charge is -2.07. The number of rotatable bonds is 1. The van der Waals surface area contributed by atoms with Gasteiger partial charge in [0.15, 0.2) is 0 Å². The zero-order valence-electron chi connectivity index (χ0n) is 9.27. The van der Waals surface area contributed by atoms with Gasteiger partial charge in [-0.1, -0.05) is 65.8 Å². The van der Waals surface area contributed by atoms with E-state index >= 15 is 0 Å². The van der Waals surface area contributed by atoms with Gasteiger partial charge in [0, 0.05) is 5.92 Å². The van der Waals surface area contributed by atoms with Crippen molar-refractivity contribution in [3.05, 3.63) is 71.3 Å². The van der Waals surface area contributed by atoms with Crippen molar-refractivity contribution >= 4 is 0 Å². The molecule has 0 bridgehead atoms. The van der Waals surface area contributed by atoms with E-state index in [1.54, 1.807) is 0 Å². The zero-order valence-corrected chi connectivity index (χ0v) is 9.27. The Balaban J connectivity index is 2.26. The number of allylic oxidation sites excluding steroid dienone is 6. The highest BCUT2D eigenvalue weighted by molar-refractivity contribution is 5.37. The second-order valence-electron chi connectivity index (χ2n) is 4.09. The van der Waals surface area contributed by atoms with Crippen LogP contribution < -0.4 is 0 Å². The molecule has 0 saturated heterocycles. The summed E-state index contributed by atoms with van der Waals surface area (Å²) in [6.07, 6.45) is 11.0. The molecule has 0 aromatic heterocycles. The van der Waals surface area contributed by atoms with E-state index in [4.69, 9.17) is 0 Å².